The number of hydrogen-bond donors (Lipinski definition) is 3. The van der Waals surface area contributed by atoms with Gasteiger partial charge in [0.05, 0.1) is 17.8 Å². The minimum absolute atomic E-state index is 0. The number of aromatic nitrogens is 2. The van der Waals surface area contributed by atoms with Gasteiger partial charge in [0.25, 0.3) is 19.1 Å². The van der Waals surface area contributed by atoms with Gasteiger partial charge in [0.1, 0.15) is 0 Å². The molecule has 0 spiro atoms. The summed E-state index contributed by atoms with van der Waals surface area (Å²) in [6.07, 6.45) is 4.76. The van der Waals surface area contributed by atoms with E-state index in [0.29, 0.717) is 32.8 Å². The van der Waals surface area contributed by atoms with Gasteiger partial charge in [0, 0.05) is 96.4 Å². The lowest BCUT2D eigenvalue weighted by atomic mass is 9.98. The number of thiazole rings is 2. The minimum atomic E-state index is -3.58. The van der Waals surface area contributed by atoms with E-state index in [-0.39, 0.29) is 22.2 Å². The van der Waals surface area contributed by atoms with Gasteiger partial charge in [-0.05, 0) is 69.5 Å². The van der Waals surface area contributed by atoms with Crippen molar-refractivity contribution in [2.45, 2.75) is 74.8 Å². The molecule has 0 atom stereocenters. The van der Waals surface area contributed by atoms with Crippen LogP contribution in [-0.4, -0.2) is 111 Å². The van der Waals surface area contributed by atoms with E-state index in [1.807, 2.05) is 48.5 Å². The van der Waals surface area contributed by atoms with E-state index in [4.69, 9.17) is 15.4 Å². The number of ether oxygens (including phenoxy) is 1. The van der Waals surface area contributed by atoms with Gasteiger partial charge in [-0.2, -0.15) is 4.31 Å². The molecular formula is C38H56BrClN6O8S4. The van der Waals surface area contributed by atoms with E-state index in [9.17, 15) is 31.8 Å². The van der Waals surface area contributed by atoms with Crippen molar-refractivity contribution in [2.24, 2.45) is 0 Å². The molecule has 4 aromatic rings. The maximum Gasteiger partial charge on any atom is 0.409 e. The van der Waals surface area contributed by atoms with E-state index >= 15 is 0 Å². The largest absolute Gasteiger partial charge is 0.449 e. The quantitative estimate of drug-likeness (QED) is 0.115. The van der Waals surface area contributed by atoms with Crippen LogP contribution in [0.2, 0.25) is 0 Å². The van der Waals surface area contributed by atoms with E-state index in [1.54, 1.807) is 43.4 Å². The highest BCUT2D eigenvalue weighted by atomic mass is 79.9. The van der Waals surface area contributed by atoms with Crippen LogP contribution < -0.4 is 10.2 Å². The topological polar surface area (TPSA) is 183 Å². The van der Waals surface area contributed by atoms with Gasteiger partial charge in [-0.1, -0.05) is 61.0 Å². The predicted molar refractivity (Wildman–Crippen MR) is 237 cm³/mol. The number of benzene rings is 2. The summed E-state index contributed by atoms with van der Waals surface area (Å²) in [5.41, 5.74) is 1.23. The molecule has 2 aromatic heterocycles. The maximum atomic E-state index is 12.5. The van der Waals surface area contributed by atoms with Gasteiger partial charge in [-0.25, -0.2) is 31.6 Å². The summed E-state index contributed by atoms with van der Waals surface area (Å²) in [5, 5.41) is 26.0. The second kappa shape index (κ2) is 23.9. The Balaban J connectivity index is 0.000000289. The van der Waals surface area contributed by atoms with Crippen molar-refractivity contribution in [3.05, 3.63) is 87.3 Å². The summed E-state index contributed by atoms with van der Waals surface area (Å²) in [7, 11) is -2.13. The Morgan fingerprint density at radius 2 is 1.31 bits per heavy atom. The molecule has 20 heteroatoms. The summed E-state index contributed by atoms with van der Waals surface area (Å²) in [6.45, 7) is 15.1. The zero-order valence-electron chi connectivity index (χ0n) is 32.7. The highest BCUT2D eigenvalue weighted by Gasteiger charge is 2.30. The van der Waals surface area contributed by atoms with Crippen LogP contribution in [0.1, 0.15) is 66.0 Å². The SMILES string of the molecule is C.CC(C)(O)c1ccc(Br)cc1.CC(C)(O)c1ccc(N2CCN(S(=O)(=O)c3nccs3)CC2)cc1.CCCCOC(=O)N1CCNCC1.O=S(=O)(Cl)c1nccs1. The summed E-state index contributed by atoms with van der Waals surface area (Å²) in [6, 6.07) is 15.4. The van der Waals surface area contributed by atoms with Gasteiger partial charge < -0.3 is 30.1 Å². The first-order valence-corrected chi connectivity index (χ1v) is 24.5. The van der Waals surface area contributed by atoms with Gasteiger partial charge in [-0.15, -0.1) is 22.7 Å². The number of halogens is 2. The monoisotopic (exact) mass is 966 g/mol. The Hall–Kier alpha value is -2.72. The number of aliphatic hydroxyl groups is 2. The number of anilines is 1. The van der Waals surface area contributed by atoms with E-state index in [0.717, 1.165) is 83.0 Å². The molecule has 6 rings (SSSR count). The van der Waals surface area contributed by atoms with Crippen molar-refractivity contribution in [2.75, 3.05) is 63.9 Å². The third-order valence-corrected chi connectivity index (χ3v) is 14.8. The van der Waals surface area contributed by atoms with Crippen molar-refractivity contribution in [1.29, 1.82) is 0 Å². The Bertz CT molecular complexity index is 1980. The summed E-state index contributed by atoms with van der Waals surface area (Å²) in [4.78, 5) is 22.7. The average Bonchev–Trinajstić information content (AvgIpc) is 3.93. The van der Waals surface area contributed by atoms with Crippen LogP contribution in [-0.2, 0) is 35.0 Å². The molecule has 58 heavy (non-hydrogen) atoms. The van der Waals surface area contributed by atoms with Crippen molar-refractivity contribution >= 4 is 80.1 Å². The van der Waals surface area contributed by atoms with Gasteiger partial charge >= 0.3 is 6.09 Å². The number of carbonyl (C=O) groups excluding carboxylic acids is 1. The van der Waals surface area contributed by atoms with Crippen molar-refractivity contribution in [1.82, 2.24) is 24.5 Å². The molecule has 4 heterocycles. The molecule has 0 aliphatic carbocycles. The number of amides is 1. The molecular weight excluding hydrogens is 912 g/mol. The fourth-order valence-electron chi connectivity index (χ4n) is 5.15. The third kappa shape index (κ3) is 17.1. The average molecular weight is 969 g/mol. The molecule has 2 aliphatic heterocycles. The number of rotatable bonds is 9. The highest BCUT2D eigenvalue weighted by molar-refractivity contribution is 9.10. The maximum absolute atomic E-state index is 12.5. The van der Waals surface area contributed by atoms with Crippen molar-refractivity contribution in [3.8, 4) is 0 Å². The predicted octanol–water partition coefficient (Wildman–Crippen LogP) is 7.09. The number of piperazine rings is 2. The van der Waals surface area contributed by atoms with E-state index in [2.05, 4.69) is 43.0 Å². The second-order valence-electron chi connectivity index (χ2n) is 13.8. The number of carbonyl (C=O) groups is 1. The fourth-order valence-corrected chi connectivity index (χ4v) is 9.42. The molecule has 2 aliphatic rings. The number of sulfonamides is 1. The lowest BCUT2D eigenvalue weighted by molar-refractivity contribution is 0.0780. The van der Waals surface area contributed by atoms with Gasteiger partial charge in [-0.3, -0.25) is 0 Å². The van der Waals surface area contributed by atoms with Crippen LogP contribution in [0.5, 0.6) is 0 Å². The minimum Gasteiger partial charge on any atom is -0.449 e. The summed E-state index contributed by atoms with van der Waals surface area (Å²) >= 11 is 5.48. The molecule has 0 bridgehead atoms. The number of unbranched alkanes of at least 4 members (excludes halogenated alkanes) is 1. The molecule has 2 fully saturated rings. The van der Waals surface area contributed by atoms with Gasteiger partial charge in [0.15, 0.2) is 0 Å². The Kier molecular flexibility index (Phi) is 21.2. The van der Waals surface area contributed by atoms with E-state index in [1.165, 1.54) is 16.7 Å². The lowest BCUT2D eigenvalue weighted by Crippen LogP contribution is -2.48. The molecule has 0 radical (unpaired) electrons. The molecule has 3 N–H and O–H groups in total. The molecule has 14 nitrogen and oxygen atoms in total. The zero-order valence-corrected chi connectivity index (χ0v) is 38.3. The summed E-state index contributed by atoms with van der Waals surface area (Å²) in [5.74, 6) is 0. The van der Waals surface area contributed by atoms with Crippen molar-refractivity contribution in [3.63, 3.8) is 0 Å². The van der Waals surface area contributed by atoms with Gasteiger partial charge in [0.2, 0.25) is 8.68 Å². The third-order valence-electron chi connectivity index (χ3n) is 8.42. The Morgan fingerprint density at radius 1 is 0.828 bits per heavy atom. The van der Waals surface area contributed by atoms with Crippen LogP contribution in [0.25, 0.3) is 0 Å². The molecule has 2 aromatic carbocycles. The normalized spacial score (nSPS) is 15.0. The highest BCUT2D eigenvalue weighted by Crippen LogP contribution is 2.26. The lowest BCUT2D eigenvalue weighted by Gasteiger charge is -2.35. The van der Waals surface area contributed by atoms with E-state index < -0.39 is 30.3 Å². The molecule has 324 valence electrons. The number of hydrogen-bond acceptors (Lipinski definition) is 14. The smallest absolute Gasteiger partial charge is 0.409 e. The fraction of sp³-hybridized carbons (Fsp3) is 0.500. The van der Waals surface area contributed by atoms with Crippen molar-refractivity contribution < 1.29 is 36.6 Å². The number of nitrogens with one attached hydrogen (secondary N) is 1. The first-order valence-electron chi connectivity index (χ1n) is 18.2. The van der Waals surface area contributed by atoms with Crippen LogP contribution >= 0.6 is 49.3 Å². The molecule has 0 unspecified atom stereocenters. The standard InChI is InChI=1S/C16H21N3O3S2.C9H11BrO.C9H18N2O2.C3H2ClNO2S2.CH4/c1-16(2,20)13-3-5-14(6-4-13)18-8-10-19(11-9-18)24(21,22)15-17-7-12-23-15;1-9(2,11)7-3-5-8(10)6-4-7;1-2-3-8-13-9(12)11-6-4-10-5-7-11;4-9(6,7)3-5-1-2-8-3;/h3-7,12,20H,8-11H2,1-2H3;3-6,11H,1-2H3;10H,2-8H2,1H3;1-2H;1H4. The first kappa shape index (κ1) is 51.4. The van der Waals surface area contributed by atoms with Crippen LogP contribution in [0.15, 0.2) is 84.8 Å². The van der Waals surface area contributed by atoms with Crippen LogP contribution in [0, 0.1) is 0 Å². The zero-order chi connectivity index (χ0) is 42.3. The molecule has 1 amide bonds. The molecule has 0 saturated carbocycles. The van der Waals surface area contributed by atoms with Crippen LogP contribution in [0.3, 0.4) is 0 Å². The first-order chi connectivity index (χ1) is 26.7. The summed E-state index contributed by atoms with van der Waals surface area (Å²) < 4.78 is 53.5. The molecule has 2 saturated heterocycles. The number of nitrogens with zero attached hydrogens (tertiary/aromatic N) is 5. The Morgan fingerprint density at radius 3 is 1.72 bits per heavy atom. The van der Waals surface area contributed by atoms with Crippen LogP contribution in [0.4, 0.5) is 10.5 Å². The Labute approximate surface area is 364 Å². The second-order valence-corrected chi connectivity index (χ2v) is 21.4.